The molecule has 0 fully saturated rings. The number of aliphatic hydroxyl groups is 1. The third kappa shape index (κ3) is 3.88. The SMILES string of the molecule is [NH]CC([NH])O. The van der Waals surface area contributed by atoms with E-state index in [0.29, 0.717) is 0 Å². The Kier molecular flexibility index (Phi) is 2.09. The topological polar surface area (TPSA) is 67.8 Å². The molecule has 0 spiro atoms. The van der Waals surface area contributed by atoms with Crippen molar-refractivity contribution in [3.63, 3.8) is 0 Å². The molecular weight excluding hydrogens is 68.0 g/mol. The molecular formula is C2H6N2O. The Hall–Kier alpha value is -0.120. The van der Waals surface area contributed by atoms with Crippen molar-refractivity contribution in [1.82, 2.24) is 11.5 Å². The maximum Gasteiger partial charge on any atom is 0.131 e. The van der Waals surface area contributed by atoms with E-state index in [4.69, 9.17) is 16.6 Å². The molecule has 0 heterocycles. The van der Waals surface area contributed by atoms with Crippen molar-refractivity contribution in [3.8, 4) is 0 Å². The van der Waals surface area contributed by atoms with Crippen LogP contribution >= 0.6 is 0 Å². The minimum absolute atomic E-state index is 0.222. The summed E-state index contributed by atoms with van der Waals surface area (Å²) < 4.78 is 0. The van der Waals surface area contributed by atoms with Crippen LogP contribution in [0.1, 0.15) is 0 Å². The summed E-state index contributed by atoms with van der Waals surface area (Å²) >= 11 is 0. The Labute approximate surface area is 30.6 Å². The Balaban J connectivity index is 2.54. The molecule has 0 amide bonds. The molecule has 0 aliphatic rings. The van der Waals surface area contributed by atoms with Crippen LogP contribution in [-0.2, 0) is 0 Å². The number of aliphatic hydroxyl groups excluding tert-OH is 1. The van der Waals surface area contributed by atoms with Crippen molar-refractivity contribution >= 4 is 0 Å². The van der Waals surface area contributed by atoms with Crippen LogP contribution in [0.15, 0.2) is 0 Å². The van der Waals surface area contributed by atoms with Gasteiger partial charge in [-0.1, -0.05) is 0 Å². The lowest BCUT2D eigenvalue weighted by Crippen LogP contribution is -2.12. The Morgan fingerprint density at radius 2 is 2.00 bits per heavy atom. The van der Waals surface area contributed by atoms with Gasteiger partial charge in [0, 0.05) is 0 Å². The second kappa shape index (κ2) is 2.14. The molecule has 0 aromatic carbocycles. The normalized spacial score (nSPS) is 15.0. The molecule has 0 bridgehead atoms. The highest BCUT2D eigenvalue weighted by atomic mass is 16.3. The van der Waals surface area contributed by atoms with Gasteiger partial charge in [0.05, 0.1) is 6.54 Å². The van der Waals surface area contributed by atoms with Gasteiger partial charge in [0.15, 0.2) is 0 Å². The second-order valence-corrected chi connectivity index (χ2v) is 0.720. The molecule has 0 aromatic rings. The molecule has 1 atom stereocenters. The van der Waals surface area contributed by atoms with Gasteiger partial charge in [-0.15, -0.1) is 0 Å². The molecule has 0 aliphatic carbocycles. The summed E-state index contributed by atoms with van der Waals surface area (Å²) in [5.74, 6) is 0. The lowest BCUT2D eigenvalue weighted by Gasteiger charge is -1.89. The second-order valence-electron chi connectivity index (χ2n) is 0.720. The predicted molar refractivity (Wildman–Crippen MR) is 17.1 cm³/mol. The molecule has 30 valence electrons. The number of rotatable bonds is 1. The number of hydrogen-bond acceptors (Lipinski definition) is 1. The quantitative estimate of drug-likeness (QED) is 0.420. The third-order valence-electron chi connectivity index (χ3n) is 0.193. The van der Waals surface area contributed by atoms with Crippen molar-refractivity contribution < 1.29 is 5.11 Å². The zero-order valence-corrected chi connectivity index (χ0v) is 2.73. The number of nitrogens with one attached hydrogen (secondary N) is 2. The van der Waals surface area contributed by atoms with Crippen molar-refractivity contribution in [2.75, 3.05) is 6.54 Å². The molecule has 5 heavy (non-hydrogen) atoms. The van der Waals surface area contributed by atoms with Gasteiger partial charge in [-0.3, -0.25) is 5.73 Å². The van der Waals surface area contributed by atoms with Crippen molar-refractivity contribution in [1.29, 1.82) is 0 Å². The van der Waals surface area contributed by atoms with Crippen LogP contribution in [0.4, 0.5) is 0 Å². The zero-order chi connectivity index (χ0) is 4.28. The summed E-state index contributed by atoms with van der Waals surface area (Å²) in [5, 5.41) is 7.84. The molecule has 0 saturated carbocycles. The highest BCUT2D eigenvalue weighted by Gasteiger charge is 1.84. The van der Waals surface area contributed by atoms with Gasteiger partial charge in [0.1, 0.15) is 6.23 Å². The van der Waals surface area contributed by atoms with Gasteiger partial charge in [-0.05, 0) is 0 Å². The van der Waals surface area contributed by atoms with E-state index >= 15 is 0 Å². The highest BCUT2D eigenvalue weighted by molar-refractivity contribution is 4.35. The molecule has 1 unspecified atom stereocenters. The fourth-order valence-corrected chi connectivity index (χ4v) is 0. The molecule has 3 N–H and O–H groups in total. The summed E-state index contributed by atoms with van der Waals surface area (Å²) in [6, 6.07) is 0. The number of hydrogen-bond donors (Lipinski definition) is 1. The average Bonchev–Trinajstić information content (AvgIpc) is 1.38. The first-order valence-corrected chi connectivity index (χ1v) is 1.31. The van der Waals surface area contributed by atoms with E-state index in [2.05, 4.69) is 0 Å². The van der Waals surface area contributed by atoms with Crippen LogP contribution in [0.2, 0.25) is 0 Å². The summed E-state index contributed by atoms with van der Waals surface area (Å²) in [5.41, 5.74) is 12.4. The lowest BCUT2D eigenvalue weighted by atomic mass is 10.6. The van der Waals surface area contributed by atoms with E-state index in [1.807, 2.05) is 0 Å². The first-order valence-electron chi connectivity index (χ1n) is 1.31. The zero-order valence-electron chi connectivity index (χ0n) is 2.73. The summed E-state index contributed by atoms with van der Waals surface area (Å²) in [6.07, 6.45) is -1.20. The Morgan fingerprint density at radius 3 is 2.00 bits per heavy atom. The van der Waals surface area contributed by atoms with E-state index in [-0.39, 0.29) is 6.54 Å². The Bertz CT molecular complexity index is 21.6. The molecule has 0 saturated heterocycles. The van der Waals surface area contributed by atoms with E-state index in [9.17, 15) is 0 Å². The van der Waals surface area contributed by atoms with Crippen LogP contribution in [0.5, 0.6) is 0 Å². The van der Waals surface area contributed by atoms with E-state index < -0.39 is 6.23 Å². The fraction of sp³-hybridized carbons (Fsp3) is 1.00. The van der Waals surface area contributed by atoms with Crippen LogP contribution < -0.4 is 11.5 Å². The van der Waals surface area contributed by atoms with Gasteiger partial charge in [0.2, 0.25) is 0 Å². The first-order chi connectivity index (χ1) is 2.27. The highest BCUT2D eigenvalue weighted by Crippen LogP contribution is 1.58. The fourth-order valence-electron chi connectivity index (χ4n) is 0. The van der Waals surface area contributed by atoms with Crippen molar-refractivity contribution in [3.05, 3.63) is 0 Å². The molecule has 0 rings (SSSR count). The Morgan fingerprint density at radius 1 is 1.80 bits per heavy atom. The summed E-state index contributed by atoms with van der Waals surface area (Å²) in [4.78, 5) is 0. The van der Waals surface area contributed by atoms with E-state index in [0.717, 1.165) is 0 Å². The lowest BCUT2D eigenvalue weighted by molar-refractivity contribution is 0.181. The minimum Gasteiger partial charge on any atom is -0.376 e. The van der Waals surface area contributed by atoms with E-state index in [1.54, 1.807) is 0 Å². The van der Waals surface area contributed by atoms with Crippen LogP contribution in [-0.4, -0.2) is 17.9 Å². The largest absolute Gasteiger partial charge is 0.376 e. The van der Waals surface area contributed by atoms with Crippen molar-refractivity contribution in [2.45, 2.75) is 6.23 Å². The average molecular weight is 74.1 g/mol. The first kappa shape index (κ1) is 4.88. The monoisotopic (exact) mass is 74.0 g/mol. The summed E-state index contributed by atoms with van der Waals surface area (Å²) in [6.45, 7) is -0.222. The maximum absolute atomic E-state index is 7.84. The maximum atomic E-state index is 7.84. The predicted octanol–water partition coefficient (Wildman–Crippen LogP) is -1.13. The van der Waals surface area contributed by atoms with Crippen LogP contribution in [0, 0.1) is 0 Å². The van der Waals surface area contributed by atoms with Gasteiger partial charge >= 0.3 is 0 Å². The van der Waals surface area contributed by atoms with Gasteiger partial charge < -0.3 is 5.11 Å². The van der Waals surface area contributed by atoms with Gasteiger partial charge in [-0.25, -0.2) is 5.73 Å². The molecule has 0 aromatic heterocycles. The smallest absolute Gasteiger partial charge is 0.131 e. The van der Waals surface area contributed by atoms with E-state index in [1.165, 1.54) is 0 Å². The molecule has 2 radical (unpaired) electrons. The van der Waals surface area contributed by atoms with Crippen molar-refractivity contribution in [2.24, 2.45) is 0 Å². The third-order valence-corrected chi connectivity index (χ3v) is 0.193. The standard InChI is InChI=1S/C2H6N2O/c3-1-2(4)5/h2-5H,1H2. The molecule has 3 nitrogen and oxygen atoms in total. The van der Waals surface area contributed by atoms with Gasteiger partial charge in [-0.2, -0.15) is 0 Å². The van der Waals surface area contributed by atoms with Crippen LogP contribution in [0.3, 0.4) is 0 Å². The molecule has 0 aliphatic heterocycles. The molecule has 3 heteroatoms. The minimum atomic E-state index is -1.20. The van der Waals surface area contributed by atoms with Gasteiger partial charge in [0.25, 0.3) is 0 Å². The summed E-state index contributed by atoms with van der Waals surface area (Å²) in [7, 11) is 0. The van der Waals surface area contributed by atoms with Crippen LogP contribution in [0.25, 0.3) is 0 Å².